The number of hydrogen-bond acceptors (Lipinski definition) is 6. The van der Waals surface area contributed by atoms with E-state index < -0.39 is 11.7 Å². The Morgan fingerprint density at radius 2 is 2.27 bits per heavy atom. The Morgan fingerprint density at radius 3 is 2.88 bits per heavy atom. The number of oxazole rings is 1. The molecule has 7 nitrogen and oxygen atoms in total. The molecule has 0 radical (unpaired) electrons. The van der Waals surface area contributed by atoms with E-state index in [-0.39, 0.29) is 24.6 Å². The van der Waals surface area contributed by atoms with Gasteiger partial charge in [-0.1, -0.05) is 20.3 Å². The first-order chi connectivity index (χ1) is 12.2. The molecule has 0 aliphatic carbocycles. The van der Waals surface area contributed by atoms with Gasteiger partial charge in [-0.25, -0.2) is 9.78 Å². The summed E-state index contributed by atoms with van der Waals surface area (Å²) < 4.78 is 11.3. The molecule has 0 spiro atoms. The zero-order chi connectivity index (χ0) is 19.3. The van der Waals surface area contributed by atoms with Crippen molar-refractivity contribution in [1.29, 1.82) is 0 Å². The molecule has 1 aromatic rings. The SMILES string of the molecule is CC[C@H](C)[C@H](NC(=O)OC(C)(C)C)c1ncc(CN2CCC[C@H]2CO)o1. The summed E-state index contributed by atoms with van der Waals surface area (Å²) in [7, 11) is 0. The van der Waals surface area contributed by atoms with Gasteiger partial charge >= 0.3 is 6.09 Å². The largest absolute Gasteiger partial charge is 0.444 e. The summed E-state index contributed by atoms with van der Waals surface area (Å²) in [5, 5.41) is 12.4. The topological polar surface area (TPSA) is 87.8 Å². The fourth-order valence-corrected chi connectivity index (χ4v) is 3.17. The minimum atomic E-state index is -0.555. The van der Waals surface area contributed by atoms with Gasteiger partial charge in [0.1, 0.15) is 17.4 Å². The Bertz CT molecular complexity index is 582. The lowest BCUT2D eigenvalue weighted by Crippen LogP contribution is -2.37. The second kappa shape index (κ2) is 8.86. The molecule has 1 aromatic heterocycles. The molecule has 148 valence electrons. The molecule has 3 atom stereocenters. The Kier molecular flexibility index (Phi) is 7.06. The molecule has 0 aromatic carbocycles. The maximum atomic E-state index is 12.2. The fourth-order valence-electron chi connectivity index (χ4n) is 3.17. The quantitative estimate of drug-likeness (QED) is 0.769. The van der Waals surface area contributed by atoms with Crippen LogP contribution in [0.5, 0.6) is 0 Å². The molecule has 7 heteroatoms. The van der Waals surface area contributed by atoms with Crippen LogP contribution < -0.4 is 5.32 Å². The van der Waals surface area contributed by atoms with Crippen LogP contribution in [0.15, 0.2) is 10.6 Å². The number of aromatic nitrogens is 1. The minimum absolute atomic E-state index is 0.158. The number of rotatable bonds is 7. The van der Waals surface area contributed by atoms with Gasteiger partial charge in [0, 0.05) is 6.04 Å². The molecule has 2 heterocycles. The molecule has 26 heavy (non-hydrogen) atoms. The molecule has 2 N–H and O–H groups in total. The number of carbonyl (C=O) groups excluding carboxylic acids is 1. The van der Waals surface area contributed by atoms with E-state index in [1.165, 1.54) is 0 Å². The highest BCUT2D eigenvalue weighted by molar-refractivity contribution is 5.68. The van der Waals surface area contributed by atoms with E-state index in [9.17, 15) is 9.90 Å². The van der Waals surface area contributed by atoms with Gasteiger partial charge in [-0.2, -0.15) is 0 Å². The highest BCUT2D eigenvalue weighted by atomic mass is 16.6. The van der Waals surface area contributed by atoms with Gasteiger partial charge in [-0.05, 0) is 46.1 Å². The summed E-state index contributed by atoms with van der Waals surface area (Å²) >= 11 is 0. The van der Waals surface area contributed by atoms with E-state index in [1.807, 2.05) is 27.7 Å². The lowest BCUT2D eigenvalue weighted by Gasteiger charge is -2.25. The van der Waals surface area contributed by atoms with Crippen molar-refractivity contribution >= 4 is 6.09 Å². The number of ether oxygens (including phenoxy) is 1. The van der Waals surface area contributed by atoms with E-state index in [0.717, 1.165) is 31.6 Å². The van der Waals surface area contributed by atoms with Crippen molar-refractivity contribution in [1.82, 2.24) is 15.2 Å². The number of hydrogen-bond donors (Lipinski definition) is 2. The van der Waals surface area contributed by atoms with E-state index in [0.29, 0.717) is 12.4 Å². The van der Waals surface area contributed by atoms with E-state index in [4.69, 9.17) is 9.15 Å². The number of amides is 1. The van der Waals surface area contributed by atoms with Crippen LogP contribution in [-0.2, 0) is 11.3 Å². The van der Waals surface area contributed by atoms with Crippen LogP contribution in [-0.4, -0.2) is 45.9 Å². The highest BCUT2D eigenvalue weighted by Gasteiger charge is 2.29. The smallest absolute Gasteiger partial charge is 0.408 e. The van der Waals surface area contributed by atoms with E-state index in [2.05, 4.69) is 22.1 Å². The predicted octanol–water partition coefficient (Wildman–Crippen LogP) is 3.24. The lowest BCUT2D eigenvalue weighted by atomic mass is 9.99. The third kappa shape index (κ3) is 5.71. The summed E-state index contributed by atoms with van der Waals surface area (Å²) in [6, 6.07) is -0.149. The van der Waals surface area contributed by atoms with Crippen LogP contribution in [0, 0.1) is 5.92 Å². The number of alkyl carbamates (subject to hydrolysis) is 1. The molecule has 1 aliphatic heterocycles. The molecule has 0 unspecified atom stereocenters. The van der Waals surface area contributed by atoms with Crippen LogP contribution in [0.4, 0.5) is 4.79 Å². The van der Waals surface area contributed by atoms with Crippen LogP contribution in [0.2, 0.25) is 0 Å². The molecule has 0 bridgehead atoms. The molecule has 1 saturated heterocycles. The van der Waals surface area contributed by atoms with E-state index >= 15 is 0 Å². The number of aliphatic hydroxyl groups excluding tert-OH is 1. The highest BCUT2D eigenvalue weighted by Crippen LogP contribution is 2.26. The van der Waals surface area contributed by atoms with Gasteiger partial charge in [0.15, 0.2) is 0 Å². The number of nitrogens with one attached hydrogen (secondary N) is 1. The fraction of sp³-hybridized carbons (Fsp3) is 0.789. The van der Waals surface area contributed by atoms with E-state index in [1.54, 1.807) is 6.20 Å². The maximum absolute atomic E-state index is 12.2. The third-order valence-electron chi connectivity index (χ3n) is 4.79. The van der Waals surface area contributed by atoms with Crippen molar-refractivity contribution in [2.24, 2.45) is 5.92 Å². The van der Waals surface area contributed by atoms with Crippen LogP contribution >= 0.6 is 0 Å². The van der Waals surface area contributed by atoms with Gasteiger partial charge in [-0.3, -0.25) is 4.90 Å². The minimum Gasteiger partial charge on any atom is -0.444 e. The van der Waals surface area contributed by atoms with Crippen molar-refractivity contribution in [3.63, 3.8) is 0 Å². The summed E-state index contributed by atoms with van der Waals surface area (Å²) in [5.74, 6) is 1.41. The second-order valence-corrected chi connectivity index (χ2v) is 8.12. The second-order valence-electron chi connectivity index (χ2n) is 8.12. The zero-order valence-corrected chi connectivity index (χ0v) is 16.6. The Morgan fingerprint density at radius 1 is 1.54 bits per heavy atom. The molecule has 1 fully saturated rings. The summed E-state index contributed by atoms with van der Waals surface area (Å²) in [6.45, 7) is 11.4. The number of carbonyl (C=O) groups is 1. The van der Waals surface area contributed by atoms with Crippen molar-refractivity contribution in [2.75, 3.05) is 13.2 Å². The summed E-state index contributed by atoms with van der Waals surface area (Å²) in [5.41, 5.74) is -0.555. The van der Waals surface area contributed by atoms with Crippen LogP contribution in [0.25, 0.3) is 0 Å². The Labute approximate surface area is 156 Å². The molecular weight excluding hydrogens is 334 g/mol. The molecule has 1 amide bonds. The standard InChI is InChI=1S/C19H33N3O4/c1-6-13(2)16(21-18(24)26-19(3,4)5)17-20-10-15(25-17)11-22-9-7-8-14(22)12-23/h10,13-14,16,23H,6-9,11-12H2,1-5H3,(H,21,24)/t13-,14-,16-/m0/s1. The molecule has 2 rings (SSSR count). The first kappa shape index (κ1) is 20.7. The van der Waals surface area contributed by atoms with Crippen molar-refractivity contribution < 1.29 is 19.1 Å². The summed E-state index contributed by atoms with van der Waals surface area (Å²) in [6.07, 6.45) is 4.21. The van der Waals surface area contributed by atoms with Crippen LogP contribution in [0.3, 0.4) is 0 Å². The molecular formula is C19H33N3O4. The van der Waals surface area contributed by atoms with Gasteiger partial charge < -0.3 is 19.6 Å². The summed E-state index contributed by atoms with van der Waals surface area (Å²) in [4.78, 5) is 18.8. The Hall–Kier alpha value is -1.60. The molecule has 1 aliphatic rings. The predicted molar refractivity (Wildman–Crippen MR) is 98.6 cm³/mol. The monoisotopic (exact) mass is 367 g/mol. The van der Waals surface area contributed by atoms with Crippen molar-refractivity contribution in [3.8, 4) is 0 Å². The van der Waals surface area contributed by atoms with Crippen molar-refractivity contribution in [2.45, 2.75) is 78.1 Å². The normalized spacial score (nSPS) is 20.8. The van der Waals surface area contributed by atoms with Gasteiger partial charge in [0.25, 0.3) is 0 Å². The number of nitrogens with zero attached hydrogens (tertiary/aromatic N) is 2. The van der Waals surface area contributed by atoms with Crippen molar-refractivity contribution in [3.05, 3.63) is 17.8 Å². The average Bonchev–Trinajstić information content (AvgIpc) is 3.19. The first-order valence-electron chi connectivity index (χ1n) is 9.52. The van der Waals surface area contributed by atoms with Gasteiger partial charge in [-0.15, -0.1) is 0 Å². The Balaban J connectivity index is 2.06. The zero-order valence-electron chi connectivity index (χ0n) is 16.6. The third-order valence-corrected chi connectivity index (χ3v) is 4.79. The molecule has 0 saturated carbocycles. The van der Waals surface area contributed by atoms with Gasteiger partial charge in [0.05, 0.1) is 19.3 Å². The average molecular weight is 367 g/mol. The van der Waals surface area contributed by atoms with Crippen LogP contribution in [0.1, 0.15) is 71.6 Å². The maximum Gasteiger partial charge on any atom is 0.408 e. The number of likely N-dealkylation sites (tertiary alicyclic amines) is 1. The first-order valence-corrected chi connectivity index (χ1v) is 9.52. The van der Waals surface area contributed by atoms with Gasteiger partial charge in [0.2, 0.25) is 5.89 Å². The number of aliphatic hydroxyl groups is 1. The lowest BCUT2D eigenvalue weighted by molar-refractivity contribution is 0.0474.